The third-order valence-corrected chi connectivity index (χ3v) is 3.20. The highest BCUT2D eigenvalue weighted by molar-refractivity contribution is 6.29. The third-order valence-electron chi connectivity index (χ3n) is 2.97. The molecule has 3 heteroatoms. The first-order chi connectivity index (χ1) is 7.74. The van der Waals surface area contributed by atoms with Gasteiger partial charge < -0.3 is 4.90 Å². The summed E-state index contributed by atoms with van der Waals surface area (Å²) >= 11 is 5.74. The van der Waals surface area contributed by atoms with E-state index in [1.54, 1.807) is 0 Å². The Kier molecular flexibility index (Phi) is 3.97. The molecule has 0 N–H and O–H groups in total. The topological polar surface area (TPSA) is 16.1 Å². The van der Waals surface area contributed by atoms with Crippen molar-refractivity contribution in [2.24, 2.45) is 5.92 Å². The molecule has 0 radical (unpaired) electrons. The van der Waals surface area contributed by atoms with Crippen LogP contribution in [0.2, 0.25) is 5.15 Å². The van der Waals surface area contributed by atoms with E-state index in [9.17, 15) is 0 Å². The number of nitrogens with zero attached hydrogens (tertiary/aromatic N) is 2. The van der Waals surface area contributed by atoms with Crippen LogP contribution in [0.25, 0.3) is 6.08 Å². The molecule has 1 aromatic rings. The zero-order chi connectivity index (χ0) is 11.4. The van der Waals surface area contributed by atoms with Crippen LogP contribution in [0, 0.1) is 5.92 Å². The van der Waals surface area contributed by atoms with Crippen molar-refractivity contribution in [3.8, 4) is 0 Å². The number of rotatable bonds is 2. The molecule has 1 atom stereocenters. The van der Waals surface area contributed by atoms with Gasteiger partial charge >= 0.3 is 0 Å². The first-order valence-electron chi connectivity index (χ1n) is 5.72. The van der Waals surface area contributed by atoms with Crippen molar-refractivity contribution in [1.29, 1.82) is 0 Å². The summed E-state index contributed by atoms with van der Waals surface area (Å²) in [4.78, 5) is 6.45. The molecule has 2 heterocycles. The molecule has 86 valence electrons. The molecule has 0 aliphatic carbocycles. The summed E-state index contributed by atoms with van der Waals surface area (Å²) in [5.41, 5.74) is 1.12. The number of aromatic nitrogens is 1. The highest BCUT2D eigenvalue weighted by Crippen LogP contribution is 2.17. The van der Waals surface area contributed by atoms with Crippen molar-refractivity contribution in [2.45, 2.75) is 12.8 Å². The van der Waals surface area contributed by atoms with Gasteiger partial charge in [-0.2, -0.15) is 0 Å². The zero-order valence-corrected chi connectivity index (χ0v) is 10.3. The van der Waals surface area contributed by atoms with Crippen LogP contribution in [-0.4, -0.2) is 30.0 Å². The minimum absolute atomic E-state index is 0.551. The molecule has 0 spiro atoms. The van der Waals surface area contributed by atoms with E-state index >= 15 is 0 Å². The van der Waals surface area contributed by atoms with Gasteiger partial charge in [0.1, 0.15) is 5.15 Å². The molecule has 0 amide bonds. The number of likely N-dealkylation sites (tertiary alicyclic amines) is 1. The molecular weight excluding hydrogens is 220 g/mol. The third kappa shape index (κ3) is 3.32. The largest absolute Gasteiger partial charge is 0.306 e. The first-order valence-corrected chi connectivity index (χ1v) is 6.10. The van der Waals surface area contributed by atoms with E-state index in [4.69, 9.17) is 11.6 Å². The van der Waals surface area contributed by atoms with Gasteiger partial charge in [0.2, 0.25) is 0 Å². The molecule has 1 saturated heterocycles. The highest BCUT2D eigenvalue weighted by Gasteiger charge is 2.13. The van der Waals surface area contributed by atoms with Gasteiger partial charge in [0.15, 0.2) is 0 Å². The van der Waals surface area contributed by atoms with Gasteiger partial charge in [-0.3, -0.25) is 0 Å². The standard InChI is InChI=1S/C13H17ClN2/c1-16-8-2-3-12(10-16)5-4-11-6-7-13(14)15-9-11/h4-7,9,12H,2-3,8,10H2,1H3/t12-/m0/s1. The van der Waals surface area contributed by atoms with Crippen molar-refractivity contribution in [2.75, 3.05) is 20.1 Å². The Morgan fingerprint density at radius 1 is 1.50 bits per heavy atom. The Hall–Kier alpha value is -0.860. The monoisotopic (exact) mass is 236 g/mol. The summed E-state index contributed by atoms with van der Waals surface area (Å²) in [6.45, 7) is 2.39. The molecular formula is C13H17ClN2. The molecule has 0 aromatic carbocycles. The van der Waals surface area contributed by atoms with Crippen molar-refractivity contribution in [3.05, 3.63) is 35.1 Å². The van der Waals surface area contributed by atoms with Crippen LogP contribution in [0.5, 0.6) is 0 Å². The maximum atomic E-state index is 5.74. The zero-order valence-electron chi connectivity index (χ0n) is 9.56. The molecule has 1 fully saturated rings. The molecule has 1 aliphatic rings. The van der Waals surface area contributed by atoms with Gasteiger partial charge in [0, 0.05) is 12.7 Å². The summed E-state index contributed by atoms with van der Waals surface area (Å²) in [7, 11) is 2.18. The lowest BCUT2D eigenvalue weighted by Crippen LogP contribution is -2.30. The number of hydrogen-bond donors (Lipinski definition) is 0. The van der Waals surface area contributed by atoms with E-state index < -0.39 is 0 Å². The first kappa shape index (κ1) is 11.6. The van der Waals surface area contributed by atoms with E-state index in [-0.39, 0.29) is 0 Å². The Bertz CT molecular complexity index is 359. The average Bonchev–Trinajstić information content (AvgIpc) is 2.28. The van der Waals surface area contributed by atoms with Crippen molar-refractivity contribution in [3.63, 3.8) is 0 Å². The van der Waals surface area contributed by atoms with Crippen LogP contribution in [0.1, 0.15) is 18.4 Å². The van der Waals surface area contributed by atoms with Gasteiger partial charge in [-0.1, -0.05) is 29.8 Å². The van der Waals surface area contributed by atoms with Crippen LogP contribution in [-0.2, 0) is 0 Å². The van der Waals surface area contributed by atoms with Gasteiger partial charge in [-0.05, 0) is 44.0 Å². The maximum Gasteiger partial charge on any atom is 0.129 e. The number of pyridine rings is 1. The SMILES string of the molecule is CN1CCC[C@@H](C=Cc2ccc(Cl)nc2)C1. The summed E-state index contributed by atoms with van der Waals surface area (Å²) < 4.78 is 0. The fraction of sp³-hybridized carbons (Fsp3) is 0.462. The van der Waals surface area contributed by atoms with Crippen LogP contribution in [0.15, 0.2) is 24.4 Å². The van der Waals surface area contributed by atoms with Crippen molar-refractivity contribution in [1.82, 2.24) is 9.88 Å². The lowest BCUT2D eigenvalue weighted by molar-refractivity contribution is 0.238. The summed E-state index contributed by atoms with van der Waals surface area (Å²) in [5.74, 6) is 0.675. The Morgan fingerprint density at radius 2 is 2.38 bits per heavy atom. The van der Waals surface area contributed by atoms with Crippen molar-refractivity contribution < 1.29 is 0 Å². The Balaban J connectivity index is 1.95. The fourth-order valence-electron chi connectivity index (χ4n) is 2.10. The smallest absolute Gasteiger partial charge is 0.129 e. The van der Waals surface area contributed by atoms with Crippen LogP contribution >= 0.6 is 11.6 Å². The van der Waals surface area contributed by atoms with Gasteiger partial charge in [-0.15, -0.1) is 0 Å². The van der Waals surface area contributed by atoms with Crippen LogP contribution < -0.4 is 0 Å². The lowest BCUT2D eigenvalue weighted by atomic mass is 9.97. The second-order valence-corrected chi connectivity index (χ2v) is 4.83. The van der Waals surface area contributed by atoms with E-state index in [2.05, 4.69) is 29.1 Å². The van der Waals surface area contributed by atoms with E-state index in [0.717, 1.165) is 12.1 Å². The molecule has 0 saturated carbocycles. The lowest BCUT2D eigenvalue weighted by Gasteiger charge is -2.27. The summed E-state index contributed by atoms with van der Waals surface area (Å²) in [6.07, 6.45) is 8.84. The second-order valence-electron chi connectivity index (χ2n) is 4.44. The Morgan fingerprint density at radius 3 is 3.06 bits per heavy atom. The number of hydrogen-bond acceptors (Lipinski definition) is 2. The maximum absolute atomic E-state index is 5.74. The predicted molar refractivity (Wildman–Crippen MR) is 68.5 cm³/mol. The predicted octanol–water partition coefficient (Wildman–Crippen LogP) is 3.09. The molecule has 2 nitrogen and oxygen atoms in total. The van der Waals surface area contributed by atoms with Gasteiger partial charge in [0.05, 0.1) is 0 Å². The highest BCUT2D eigenvalue weighted by atomic mass is 35.5. The summed E-state index contributed by atoms with van der Waals surface area (Å²) in [6, 6.07) is 3.83. The van der Waals surface area contributed by atoms with Gasteiger partial charge in [0.25, 0.3) is 0 Å². The summed E-state index contributed by atoms with van der Waals surface area (Å²) in [5, 5.41) is 0.551. The molecule has 1 aromatic heterocycles. The molecule has 0 unspecified atom stereocenters. The normalized spacial score (nSPS) is 22.8. The number of halogens is 1. The average molecular weight is 237 g/mol. The van der Waals surface area contributed by atoms with Crippen molar-refractivity contribution >= 4 is 17.7 Å². The minimum Gasteiger partial charge on any atom is -0.306 e. The fourth-order valence-corrected chi connectivity index (χ4v) is 2.21. The van der Waals surface area contributed by atoms with E-state index in [1.165, 1.54) is 19.4 Å². The minimum atomic E-state index is 0.551. The molecule has 16 heavy (non-hydrogen) atoms. The molecule has 0 bridgehead atoms. The van der Waals surface area contributed by atoms with Crippen LogP contribution in [0.3, 0.4) is 0 Å². The quantitative estimate of drug-likeness (QED) is 0.734. The number of piperidine rings is 1. The van der Waals surface area contributed by atoms with Gasteiger partial charge in [-0.25, -0.2) is 4.98 Å². The van der Waals surface area contributed by atoms with E-state index in [1.807, 2.05) is 18.3 Å². The Labute approximate surface area is 102 Å². The molecule has 1 aliphatic heterocycles. The second kappa shape index (κ2) is 5.46. The van der Waals surface area contributed by atoms with E-state index in [0.29, 0.717) is 11.1 Å². The van der Waals surface area contributed by atoms with Crippen LogP contribution in [0.4, 0.5) is 0 Å². The molecule has 2 rings (SSSR count).